The first kappa shape index (κ1) is 13.4. The second kappa shape index (κ2) is 5.61. The SMILES string of the molecule is CC1(C)OCC(OC(=O)CCC(=O)Cl)CO1. The first-order chi connectivity index (χ1) is 7.39. The third-order valence-electron chi connectivity index (χ3n) is 2.06. The first-order valence-corrected chi connectivity index (χ1v) is 5.42. The fourth-order valence-electron chi connectivity index (χ4n) is 1.19. The molecule has 1 rings (SSSR count). The molecule has 0 aromatic carbocycles. The number of rotatable bonds is 4. The summed E-state index contributed by atoms with van der Waals surface area (Å²) in [6.45, 7) is 4.18. The summed E-state index contributed by atoms with van der Waals surface area (Å²) in [5.74, 6) is -1.10. The molecule has 0 aromatic heterocycles. The van der Waals surface area contributed by atoms with Gasteiger partial charge in [-0.25, -0.2) is 0 Å². The van der Waals surface area contributed by atoms with E-state index < -0.39 is 23.1 Å². The first-order valence-electron chi connectivity index (χ1n) is 5.05. The van der Waals surface area contributed by atoms with Gasteiger partial charge in [-0.2, -0.15) is 0 Å². The zero-order chi connectivity index (χ0) is 12.2. The van der Waals surface area contributed by atoms with Crippen LogP contribution in [0, 0.1) is 0 Å². The minimum Gasteiger partial charge on any atom is -0.457 e. The maximum Gasteiger partial charge on any atom is 0.306 e. The topological polar surface area (TPSA) is 61.8 Å². The highest BCUT2D eigenvalue weighted by molar-refractivity contribution is 6.63. The lowest BCUT2D eigenvalue weighted by molar-refractivity contribution is -0.276. The van der Waals surface area contributed by atoms with Gasteiger partial charge in [0.15, 0.2) is 5.79 Å². The van der Waals surface area contributed by atoms with Crippen LogP contribution < -0.4 is 0 Å². The normalized spacial score (nSPS) is 20.4. The highest BCUT2D eigenvalue weighted by atomic mass is 35.5. The van der Waals surface area contributed by atoms with Gasteiger partial charge in [-0.1, -0.05) is 0 Å². The van der Waals surface area contributed by atoms with Crippen molar-refractivity contribution in [2.45, 2.75) is 38.6 Å². The molecule has 92 valence electrons. The van der Waals surface area contributed by atoms with E-state index in [0.29, 0.717) is 13.2 Å². The van der Waals surface area contributed by atoms with Crippen molar-refractivity contribution in [3.05, 3.63) is 0 Å². The predicted molar refractivity (Wildman–Crippen MR) is 56.0 cm³/mol. The number of halogens is 1. The van der Waals surface area contributed by atoms with Gasteiger partial charge in [0.05, 0.1) is 19.6 Å². The van der Waals surface area contributed by atoms with Crippen LogP contribution in [0.5, 0.6) is 0 Å². The van der Waals surface area contributed by atoms with E-state index in [1.54, 1.807) is 13.8 Å². The Hall–Kier alpha value is -0.650. The summed E-state index contributed by atoms with van der Waals surface area (Å²) < 4.78 is 15.7. The summed E-state index contributed by atoms with van der Waals surface area (Å²) in [6, 6.07) is 0. The largest absolute Gasteiger partial charge is 0.457 e. The zero-order valence-electron chi connectivity index (χ0n) is 9.32. The van der Waals surface area contributed by atoms with Crippen LogP contribution in [0.3, 0.4) is 0 Å². The molecular weight excluding hydrogens is 236 g/mol. The Morgan fingerprint density at radius 2 is 1.88 bits per heavy atom. The molecule has 0 amide bonds. The number of ether oxygens (including phenoxy) is 3. The van der Waals surface area contributed by atoms with Crippen molar-refractivity contribution in [1.82, 2.24) is 0 Å². The third-order valence-corrected chi connectivity index (χ3v) is 2.25. The van der Waals surface area contributed by atoms with Crippen molar-refractivity contribution in [2.75, 3.05) is 13.2 Å². The molecule has 0 aliphatic carbocycles. The molecule has 1 heterocycles. The maximum absolute atomic E-state index is 11.2. The van der Waals surface area contributed by atoms with Crippen molar-refractivity contribution in [1.29, 1.82) is 0 Å². The van der Waals surface area contributed by atoms with E-state index in [-0.39, 0.29) is 12.8 Å². The van der Waals surface area contributed by atoms with E-state index in [2.05, 4.69) is 0 Å². The summed E-state index contributed by atoms with van der Waals surface area (Å²) in [4.78, 5) is 21.7. The van der Waals surface area contributed by atoms with E-state index >= 15 is 0 Å². The molecule has 16 heavy (non-hydrogen) atoms. The molecule has 1 fully saturated rings. The Balaban J connectivity index is 2.23. The average molecular weight is 251 g/mol. The molecule has 0 aromatic rings. The van der Waals surface area contributed by atoms with E-state index in [9.17, 15) is 9.59 Å². The van der Waals surface area contributed by atoms with Crippen molar-refractivity contribution in [3.8, 4) is 0 Å². The second-order valence-electron chi connectivity index (χ2n) is 3.99. The van der Waals surface area contributed by atoms with Crippen LogP contribution in [0.2, 0.25) is 0 Å². The van der Waals surface area contributed by atoms with Gasteiger partial charge in [0.1, 0.15) is 6.10 Å². The van der Waals surface area contributed by atoms with E-state index in [0.717, 1.165) is 0 Å². The maximum atomic E-state index is 11.2. The Bertz CT molecular complexity index is 266. The number of esters is 1. The number of hydrogen-bond donors (Lipinski definition) is 0. The summed E-state index contributed by atoms with van der Waals surface area (Å²) in [6.07, 6.45) is -0.436. The molecule has 5 nitrogen and oxygen atoms in total. The highest BCUT2D eigenvalue weighted by Crippen LogP contribution is 2.18. The number of hydrogen-bond acceptors (Lipinski definition) is 5. The Morgan fingerprint density at radius 1 is 1.31 bits per heavy atom. The minimum absolute atomic E-state index is 0.0117. The standard InChI is InChI=1S/C10H15ClO5/c1-10(2)14-5-7(6-15-10)16-9(13)4-3-8(11)12/h7H,3-6H2,1-2H3. The molecule has 1 saturated heterocycles. The predicted octanol–water partition coefficient (Wildman–Crippen LogP) is 1.23. The van der Waals surface area contributed by atoms with Crippen LogP contribution in [-0.2, 0) is 23.8 Å². The van der Waals surface area contributed by atoms with Crippen molar-refractivity contribution in [2.24, 2.45) is 0 Å². The average Bonchev–Trinajstić information content (AvgIpc) is 2.18. The third kappa shape index (κ3) is 4.92. The lowest BCUT2D eigenvalue weighted by atomic mass is 10.3. The molecule has 6 heteroatoms. The van der Waals surface area contributed by atoms with E-state index in [1.165, 1.54) is 0 Å². The van der Waals surface area contributed by atoms with Gasteiger partial charge in [-0.05, 0) is 25.4 Å². The van der Waals surface area contributed by atoms with Gasteiger partial charge in [0, 0.05) is 6.42 Å². The second-order valence-corrected chi connectivity index (χ2v) is 4.41. The van der Waals surface area contributed by atoms with Gasteiger partial charge >= 0.3 is 5.97 Å². The molecule has 0 spiro atoms. The molecule has 1 aliphatic heterocycles. The minimum atomic E-state index is -0.630. The number of carbonyl (C=O) groups excluding carboxylic acids is 2. The molecule has 0 atom stereocenters. The lowest BCUT2D eigenvalue weighted by Crippen LogP contribution is -2.43. The monoisotopic (exact) mass is 250 g/mol. The Labute approximate surface area is 99.0 Å². The van der Waals surface area contributed by atoms with Crippen molar-refractivity contribution in [3.63, 3.8) is 0 Å². The smallest absolute Gasteiger partial charge is 0.306 e. The summed E-state index contributed by atoms with van der Waals surface area (Å²) in [5.41, 5.74) is 0. The summed E-state index contributed by atoms with van der Waals surface area (Å²) >= 11 is 5.11. The van der Waals surface area contributed by atoms with Gasteiger partial charge < -0.3 is 14.2 Å². The summed E-state index contributed by atoms with van der Waals surface area (Å²) in [5, 5.41) is -0.547. The highest BCUT2D eigenvalue weighted by Gasteiger charge is 2.30. The Morgan fingerprint density at radius 3 is 2.38 bits per heavy atom. The van der Waals surface area contributed by atoms with E-state index in [1.807, 2.05) is 0 Å². The van der Waals surface area contributed by atoms with Gasteiger partial charge in [-0.3, -0.25) is 9.59 Å². The van der Waals surface area contributed by atoms with Crippen molar-refractivity contribution < 1.29 is 23.8 Å². The molecule has 0 unspecified atom stereocenters. The number of carbonyl (C=O) groups is 2. The van der Waals surface area contributed by atoms with Crippen LogP contribution in [0.15, 0.2) is 0 Å². The van der Waals surface area contributed by atoms with Gasteiger partial charge in [-0.15, -0.1) is 0 Å². The van der Waals surface area contributed by atoms with Gasteiger partial charge in [0.2, 0.25) is 5.24 Å². The van der Waals surface area contributed by atoms with Crippen LogP contribution >= 0.6 is 11.6 Å². The fraction of sp³-hybridized carbons (Fsp3) is 0.800. The molecule has 0 saturated carbocycles. The van der Waals surface area contributed by atoms with E-state index in [4.69, 9.17) is 25.8 Å². The van der Waals surface area contributed by atoms with Crippen LogP contribution in [0.1, 0.15) is 26.7 Å². The van der Waals surface area contributed by atoms with Crippen LogP contribution in [0.25, 0.3) is 0 Å². The van der Waals surface area contributed by atoms with Gasteiger partial charge in [0.25, 0.3) is 0 Å². The van der Waals surface area contributed by atoms with Crippen LogP contribution in [0.4, 0.5) is 0 Å². The molecule has 0 bridgehead atoms. The lowest BCUT2D eigenvalue weighted by Gasteiger charge is -2.34. The molecule has 1 aliphatic rings. The quantitative estimate of drug-likeness (QED) is 0.555. The Kier molecular flexibility index (Phi) is 4.70. The molecular formula is C10H15ClO5. The van der Waals surface area contributed by atoms with Crippen LogP contribution in [-0.4, -0.2) is 36.3 Å². The van der Waals surface area contributed by atoms with Crippen molar-refractivity contribution >= 4 is 22.8 Å². The molecule has 0 radical (unpaired) electrons. The summed E-state index contributed by atoms with van der Waals surface area (Å²) in [7, 11) is 0. The zero-order valence-corrected chi connectivity index (χ0v) is 10.1. The molecule has 0 N–H and O–H groups in total. The fourth-order valence-corrected chi connectivity index (χ4v) is 1.28.